The molecule has 9 rings (SSSR count). The van der Waals surface area contributed by atoms with Crippen molar-refractivity contribution >= 4 is 23.3 Å². The fourth-order valence-electron chi connectivity index (χ4n) is 8.72. The van der Waals surface area contributed by atoms with E-state index in [2.05, 4.69) is 37.1 Å². The molecule has 10 nitrogen and oxygen atoms in total. The molecule has 4 aliphatic carbocycles. The topological polar surface area (TPSA) is 123 Å². The van der Waals surface area contributed by atoms with Gasteiger partial charge in [0.15, 0.2) is 11.5 Å². The van der Waals surface area contributed by atoms with Crippen LogP contribution in [0.4, 0.5) is 11.6 Å². The zero-order chi connectivity index (χ0) is 30.0. The van der Waals surface area contributed by atoms with E-state index < -0.39 is 5.97 Å². The number of carboxylic acids is 1. The fourth-order valence-corrected chi connectivity index (χ4v) is 8.72. The summed E-state index contributed by atoms with van der Waals surface area (Å²) in [7, 11) is 0. The molecule has 4 bridgehead atoms. The second-order valence-electron chi connectivity index (χ2n) is 13.4. The van der Waals surface area contributed by atoms with Crippen molar-refractivity contribution in [2.45, 2.75) is 65.3 Å². The van der Waals surface area contributed by atoms with Gasteiger partial charge in [-0.15, -0.1) is 10.2 Å². The summed E-state index contributed by atoms with van der Waals surface area (Å²) in [5.74, 6) is 2.83. The largest absolute Gasteiger partial charge is 0.478 e. The van der Waals surface area contributed by atoms with Gasteiger partial charge in [-0.1, -0.05) is 18.9 Å². The van der Waals surface area contributed by atoms with Gasteiger partial charge in [0.05, 0.1) is 18.1 Å². The lowest BCUT2D eigenvalue weighted by Gasteiger charge is -2.48. The Morgan fingerprint density at radius 3 is 2.52 bits per heavy atom. The molecule has 224 valence electrons. The maximum Gasteiger partial charge on any atom is 0.340 e. The lowest BCUT2D eigenvalue weighted by molar-refractivity contribution is 0.0169. The number of nitrogens with one attached hydrogen (secondary N) is 1. The third-order valence-electron chi connectivity index (χ3n) is 10.4. The quantitative estimate of drug-likeness (QED) is 0.215. The number of anilines is 2. The number of imidazole rings is 1. The van der Waals surface area contributed by atoms with Crippen molar-refractivity contribution in [2.75, 3.05) is 5.32 Å². The second kappa shape index (κ2) is 10.2. The molecule has 0 amide bonds. The minimum Gasteiger partial charge on any atom is -0.478 e. The Kier molecular flexibility index (Phi) is 6.28. The molecule has 5 aromatic rings. The Hall–Kier alpha value is -4.60. The van der Waals surface area contributed by atoms with Crippen LogP contribution in [0.15, 0.2) is 55.1 Å². The summed E-state index contributed by atoms with van der Waals surface area (Å²) in [5, 5.41) is 27.3. The number of fused-ring (bicyclic) bond motifs is 2. The van der Waals surface area contributed by atoms with Crippen LogP contribution in [0.3, 0.4) is 0 Å². The van der Waals surface area contributed by atoms with Crippen LogP contribution in [0, 0.1) is 37.0 Å². The molecule has 0 radical (unpaired) electrons. The normalized spacial score (nSPS) is 24.1. The predicted molar refractivity (Wildman–Crippen MR) is 167 cm³/mol. The van der Waals surface area contributed by atoms with Gasteiger partial charge >= 0.3 is 5.97 Å². The summed E-state index contributed by atoms with van der Waals surface area (Å²) >= 11 is 0. The highest BCUT2D eigenvalue weighted by Gasteiger charge is 2.48. The average molecular weight is 589 g/mol. The van der Waals surface area contributed by atoms with Gasteiger partial charge < -0.3 is 10.4 Å². The maximum absolute atomic E-state index is 12.8. The molecule has 0 saturated heterocycles. The second-order valence-corrected chi connectivity index (χ2v) is 13.4. The van der Waals surface area contributed by atoms with Crippen LogP contribution in [-0.2, 0) is 6.54 Å². The van der Waals surface area contributed by atoms with Crippen LogP contribution >= 0.6 is 0 Å². The lowest BCUT2D eigenvalue weighted by Crippen LogP contribution is -2.40. The first kappa shape index (κ1) is 27.0. The van der Waals surface area contributed by atoms with Crippen LogP contribution in [0.2, 0.25) is 0 Å². The number of rotatable bonds is 7. The van der Waals surface area contributed by atoms with E-state index in [0.717, 1.165) is 41.1 Å². The molecular weight excluding hydrogens is 552 g/mol. The lowest BCUT2D eigenvalue weighted by atomic mass is 9.58. The van der Waals surface area contributed by atoms with E-state index in [9.17, 15) is 9.90 Å². The highest BCUT2D eigenvalue weighted by atomic mass is 16.4. The van der Waals surface area contributed by atoms with Gasteiger partial charge in [0.2, 0.25) is 0 Å². The van der Waals surface area contributed by atoms with Gasteiger partial charge in [-0.2, -0.15) is 5.10 Å². The van der Waals surface area contributed by atoms with Crippen molar-refractivity contribution < 1.29 is 9.90 Å². The van der Waals surface area contributed by atoms with Gasteiger partial charge in [-0.05, 0) is 98.9 Å². The highest BCUT2D eigenvalue weighted by Crippen LogP contribution is 2.58. The van der Waals surface area contributed by atoms with E-state index >= 15 is 0 Å². The molecular formula is C34H36N8O2. The van der Waals surface area contributed by atoms with Gasteiger partial charge in [0.25, 0.3) is 0 Å². The molecule has 4 saturated carbocycles. The monoisotopic (exact) mass is 588 g/mol. The molecule has 0 spiro atoms. The molecule has 10 heteroatoms. The van der Waals surface area contributed by atoms with Crippen molar-refractivity contribution in [3.8, 4) is 22.5 Å². The van der Waals surface area contributed by atoms with Crippen molar-refractivity contribution in [3.05, 3.63) is 71.9 Å². The van der Waals surface area contributed by atoms with E-state index in [1.54, 1.807) is 16.8 Å². The van der Waals surface area contributed by atoms with Gasteiger partial charge in [0, 0.05) is 35.8 Å². The smallest absolute Gasteiger partial charge is 0.340 e. The number of hydrogen-bond donors (Lipinski definition) is 2. The summed E-state index contributed by atoms with van der Waals surface area (Å²) in [5.41, 5.74) is 5.47. The van der Waals surface area contributed by atoms with Crippen molar-refractivity contribution in [3.63, 3.8) is 0 Å². The molecule has 0 aliphatic heterocycles. The molecule has 2 N–H and O–H groups in total. The summed E-state index contributed by atoms with van der Waals surface area (Å²) in [6, 6.07) is 9.39. The van der Waals surface area contributed by atoms with Crippen molar-refractivity contribution in [2.24, 2.45) is 23.2 Å². The minimum absolute atomic E-state index is 0.158. The first-order valence-corrected chi connectivity index (χ1v) is 15.6. The molecule has 2 unspecified atom stereocenters. The Morgan fingerprint density at radius 2 is 1.80 bits per heavy atom. The SMILES string of the molecule is Cc1cc(-c2cnc3c(C(=O)O)c(-c4cnn(CC56CC7CCC(CC(C7)C5)C6)c4C)ccn23)nnc1Nc1ccccn1. The number of aromatic nitrogens is 7. The Bertz CT molecular complexity index is 1880. The Balaban J connectivity index is 1.12. The standard InChI is InChI=1S/C34H36N8O2/c1-20-11-27(39-40-31(20)38-29-5-3-4-9-35-29)28-18-36-32-30(33(43)44)25(8-10-41(28)32)26-17-37-42(21(26)2)19-34-14-22-6-7-23(15-34)13-24(12-22)16-34/h3-5,8-11,17-18,22-24H,6-7,12-16,19H2,1-2H3,(H,43,44)(H,35,38,40). The maximum atomic E-state index is 12.8. The zero-order valence-corrected chi connectivity index (χ0v) is 25.1. The van der Waals surface area contributed by atoms with Crippen LogP contribution in [-0.4, -0.2) is 45.4 Å². The average Bonchev–Trinajstić information content (AvgIpc) is 3.52. The number of aromatic carboxylic acids is 1. The van der Waals surface area contributed by atoms with Crippen LogP contribution < -0.4 is 5.32 Å². The minimum atomic E-state index is -1.02. The first-order valence-electron chi connectivity index (χ1n) is 15.6. The van der Waals surface area contributed by atoms with E-state index in [1.165, 1.54) is 44.9 Å². The van der Waals surface area contributed by atoms with E-state index in [-0.39, 0.29) is 5.56 Å². The van der Waals surface area contributed by atoms with Crippen molar-refractivity contribution in [1.29, 1.82) is 0 Å². The van der Waals surface area contributed by atoms with Crippen LogP contribution in [0.25, 0.3) is 28.2 Å². The highest BCUT2D eigenvalue weighted by molar-refractivity contribution is 6.02. The van der Waals surface area contributed by atoms with Crippen molar-refractivity contribution in [1.82, 2.24) is 34.3 Å². The molecule has 4 fully saturated rings. The van der Waals surface area contributed by atoms with Gasteiger partial charge in [-0.25, -0.2) is 14.8 Å². The van der Waals surface area contributed by atoms with E-state index in [1.807, 2.05) is 49.6 Å². The molecule has 2 atom stereocenters. The predicted octanol–water partition coefficient (Wildman–Crippen LogP) is 6.71. The van der Waals surface area contributed by atoms with E-state index in [4.69, 9.17) is 5.10 Å². The Labute approximate surface area is 255 Å². The number of carboxylic acid groups (broad SMARTS) is 1. The summed E-state index contributed by atoms with van der Waals surface area (Å²) in [6.45, 7) is 4.94. The number of pyridine rings is 2. The third-order valence-corrected chi connectivity index (χ3v) is 10.4. The zero-order valence-electron chi connectivity index (χ0n) is 25.1. The molecule has 44 heavy (non-hydrogen) atoms. The number of nitrogens with zero attached hydrogens (tertiary/aromatic N) is 7. The van der Waals surface area contributed by atoms with Gasteiger partial charge in [0.1, 0.15) is 17.1 Å². The first-order chi connectivity index (χ1) is 21.4. The number of hydrogen-bond acceptors (Lipinski definition) is 7. The fraction of sp³-hybridized carbons (Fsp3) is 0.412. The molecule has 5 aromatic heterocycles. The number of aryl methyl sites for hydroxylation is 1. The summed E-state index contributed by atoms with van der Waals surface area (Å²) < 4.78 is 3.93. The van der Waals surface area contributed by atoms with Crippen LogP contribution in [0.5, 0.6) is 0 Å². The van der Waals surface area contributed by atoms with Gasteiger partial charge in [-0.3, -0.25) is 9.08 Å². The third kappa shape index (κ3) is 4.55. The number of carbonyl (C=O) groups is 1. The molecule has 5 heterocycles. The van der Waals surface area contributed by atoms with Crippen LogP contribution in [0.1, 0.15) is 66.6 Å². The molecule has 0 aromatic carbocycles. The molecule has 4 aliphatic rings. The van der Waals surface area contributed by atoms with E-state index in [0.29, 0.717) is 39.6 Å². The summed E-state index contributed by atoms with van der Waals surface area (Å²) in [6.07, 6.45) is 16.6. The summed E-state index contributed by atoms with van der Waals surface area (Å²) in [4.78, 5) is 21.6. The Morgan fingerprint density at radius 1 is 1.00 bits per heavy atom.